The minimum atomic E-state index is 0.515. The van der Waals surface area contributed by atoms with Gasteiger partial charge in [-0.05, 0) is 42.9 Å². The third-order valence-corrected chi connectivity index (χ3v) is 5.15. The van der Waals surface area contributed by atoms with Crippen LogP contribution >= 0.6 is 0 Å². The first-order valence-corrected chi connectivity index (χ1v) is 6.31. The van der Waals surface area contributed by atoms with Gasteiger partial charge in [0.1, 0.15) is 0 Å². The number of hydrogen-bond donors (Lipinski definition) is 0. The van der Waals surface area contributed by atoms with Gasteiger partial charge in [0.25, 0.3) is 0 Å². The average molecular weight is 204 g/mol. The molecule has 2 aliphatic carbocycles. The molecule has 0 aromatic heterocycles. The zero-order valence-corrected chi connectivity index (χ0v) is 10.6. The Bertz CT molecular complexity index is 306. The summed E-state index contributed by atoms with van der Waals surface area (Å²) in [6.07, 6.45) is 12.7. The quantitative estimate of drug-likeness (QED) is 0.579. The third-order valence-electron chi connectivity index (χ3n) is 5.15. The van der Waals surface area contributed by atoms with Crippen molar-refractivity contribution in [2.75, 3.05) is 0 Å². The van der Waals surface area contributed by atoms with Crippen molar-refractivity contribution in [3.05, 3.63) is 23.8 Å². The van der Waals surface area contributed by atoms with Crippen molar-refractivity contribution in [1.82, 2.24) is 0 Å². The Labute approximate surface area is 94.5 Å². The van der Waals surface area contributed by atoms with Crippen LogP contribution in [0.25, 0.3) is 0 Å². The van der Waals surface area contributed by atoms with E-state index in [1.807, 2.05) is 0 Å². The summed E-state index contributed by atoms with van der Waals surface area (Å²) in [6.45, 7) is 9.62. The van der Waals surface area contributed by atoms with Crippen LogP contribution in [-0.4, -0.2) is 0 Å². The molecule has 0 radical (unpaired) electrons. The fourth-order valence-corrected chi connectivity index (χ4v) is 3.41. The Morgan fingerprint density at radius 3 is 2.40 bits per heavy atom. The van der Waals surface area contributed by atoms with E-state index < -0.39 is 0 Å². The van der Waals surface area contributed by atoms with E-state index in [0.717, 1.165) is 5.92 Å². The van der Waals surface area contributed by atoms with E-state index in [1.54, 1.807) is 0 Å². The zero-order valence-electron chi connectivity index (χ0n) is 10.6. The SMILES string of the molecule is CC1=CC[C@@H]([C@]2(C)CCCC2(C)C)C=C1. The molecule has 1 fully saturated rings. The summed E-state index contributed by atoms with van der Waals surface area (Å²) in [7, 11) is 0. The molecular formula is C15H24. The Kier molecular flexibility index (Phi) is 2.56. The van der Waals surface area contributed by atoms with Gasteiger partial charge < -0.3 is 0 Å². The van der Waals surface area contributed by atoms with Crippen molar-refractivity contribution >= 4 is 0 Å². The van der Waals surface area contributed by atoms with Gasteiger partial charge in [-0.15, -0.1) is 0 Å². The highest BCUT2D eigenvalue weighted by molar-refractivity contribution is 5.23. The van der Waals surface area contributed by atoms with E-state index in [0.29, 0.717) is 10.8 Å². The standard InChI is InChI=1S/C15H24/c1-12-6-8-13(9-7-12)15(4)11-5-10-14(15,2)3/h6-8,13H,5,9-11H2,1-4H3/t13-,15-/m0/s1. The lowest BCUT2D eigenvalue weighted by atomic mass is 9.60. The normalized spacial score (nSPS) is 39.2. The second-order valence-corrected chi connectivity index (χ2v) is 6.30. The van der Waals surface area contributed by atoms with E-state index in [4.69, 9.17) is 0 Å². The molecule has 84 valence electrons. The average Bonchev–Trinajstić information content (AvgIpc) is 2.43. The van der Waals surface area contributed by atoms with Crippen molar-refractivity contribution in [1.29, 1.82) is 0 Å². The van der Waals surface area contributed by atoms with E-state index in [9.17, 15) is 0 Å². The van der Waals surface area contributed by atoms with Gasteiger partial charge in [0.15, 0.2) is 0 Å². The van der Waals surface area contributed by atoms with Crippen LogP contribution in [0.4, 0.5) is 0 Å². The van der Waals surface area contributed by atoms with Crippen molar-refractivity contribution < 1.29 is 0 Å². The van der Waals surface area contributed by atoms with Gasteiger partial charge in [-0.25, -0.2) is 0 Å². The van der Waals surface area contributed by atoms with Crippen LogP contribution in [0.15, 0.2) is 23.8 Å². The first-order chi connectivity index (χ1) is 6.96. The monoisotopic (exact) mass is 204 g/mol. The zero-order chi connectivity index (χ0) is 11.1. The highest BCUT2D eigenvalue weighted by atomic mass is 14.5. The summed E-state index contributed by atoms with van der Waals surface area (Å²) in [5.74, 6) is 0.763. The largest absolute Gasteiger partial charge is 0.0810 e. The van der Waals surface area contributed by atoms with Crippen molar-refractivity contribution in [2.45, 2.75) is 53.4 Å². The molecule has 0 aromatic rings. The minimum absolute atomic E-state index is 0.515. The maximum absolute atomic E-state index is 2.50. The third kappa shape index (κ3) is 1.68. The van der Waals surface area contributed by atoms with Crippen LogP contribution < -0.4 is 0 Å². The summed E-state index contributed by atoms with van der Waals surface area (Å²) >= 11 is 0. The summed E-state index contributed by atoms with van der Waals surface area (Å²) < 4.78 is 0. The van der Waals surface area contributed by atoms with Crippen LogP contribution in [0.2, 0.25) is 0 Å². The first-order valence-electron chi connectivity index (χ1n) is 6.31. The number of rotatable bonds is 1. The maximum Gasteiger partial charge on any atom is -0.0136 e. The molecule has 2 aliphatic rings. The molecule has 0 N–H and O–H groups in total. The van der Waals surface area contributed by atoms with Gasteiger partial charge in [-0.1, -0.05) is 51.0 Å². The van der Waals surface area contributed by atoms with Crippen molar-refractivity contribution in [3.63, 3.8) is 0 Å². The second kappa shape index (κ2) is 3.50. The van der Waals surface area contributed by atoms with Gasteiger partial charge >= 0.3 is 0 Å². The fraction of sp³-hybridized carbons (Fsp3) is 0.733. The van der Waals surface area contributed by atoms with Crippen molar-refractivity contribution in [3.8, 4) is 0 Å². The summed E-state index contributed by atoms with van der Waals surface area (Å²) in [5, 5.41) is 0. The van der Waals surface area contributed by atoms with Crippen LogP contribution in [0.3, 0.4) is 0 Å². The smallest absolute Gasteiger partial charge is 0.0136 e. The highest BCUT2D eigenvalue weighted by Gasteiger charge is 2.48. The molecule has 0 heterocycles. The molecule has 0 aliphatic heterocycles. The second-order valence-electron chi connectivity index (χ2n) is 6.30. The van der Waals surface area contributed by atoms with E-state index in [-0.39, 0.29) is 0 Å². The van der Waals surface area contributed by atoms with Gasteiger partial charge in [0, 0.05) is 0 Å². The Balaban J connectivity index is 2.21. The molecule has 0 bridgehead atoms. The highest BCUT2D eigenvalue weighted by Crippen LogP contribution is 2.58. The van der Waals surface area contributed by atoms with Crippen molar-refractivity contribution in [2.24, 2.45) is 16.7 Å². The lowest BCUT2D eigenvalue weighted by molar-refractivity contribution is 0.0789. The van der Waals surface area contributed by atoms with Gasteiger partial charge in [-0.3, -0.25) is 0 Å². The summed E-state index contributed by atoms with van der Waals surface area (Å²) in [5.41, 5.74) is 2.47. The Hall–Kier alpha value is -0.520. The maximum atomic E-state index is 2.50. The summed E-state index contributed by atoms with van der Waals surface area (Å²) in [4.78, 5) is 0. The predicted molar refractivity (Wildman–Crippen MR) is 66.7 cm³/mol. The molecule has 1 saturated carbocycles. The lowest BCUT2D eigenvalue weighted by Gasteiger charge is -2.44. The van der Waals surface area contributed by atoms with Crippen LogP contribution in [0, 0.1) is 16.7 Å². The molecule has 0 saturated heterocycles. The molecule has 2 atom stereocenters. The van der Waals surface area contributed by atoms with E-state index in [1.165, 1.54) is 31.3 Å². The Morgan fingerprint density at radius 1 is 1.20 bits per heavy atom. The first kappa shape index (κ1) is 11.0. The molecule has 0 unspecified atom stereocenters. The molecule has 0 heteroatoms. The molecule has 0 aromatic carbocycles. The van der Waals surface area contributed by atoms with E-state index >= 15 is 0 Å². The van der Waals surface area contributed by atoms with Gasteiger partial charge in [0.05, 0.1) is 0 Å². The van der Waals surface area contributed by atoms with E-state index in [2.05, 4.69) is 45.9 Å². The molecule has 0 spiro atoms. The van der Waals surface area contributed by atoms with Crippen LogP contribution in [-0.2, 0) is 0 Å². The molecule has 2 rings (SSSR count). The van der Waals surface area contributed by atoms with Crippen LogP contribution in [0.5, 0.6) is 0 Å². The number of allylic oxidation sites excluding steroid dienone is 4. The minimum Gasteiger partial charge on any atom is -0.0810 e. The molecule has 0 amide bonds. The van der Waals surface area contributed by atoms with Gasteiger partial charge in [-0.2, -0.15) is 0 Å². The van der Waals surface area contributed by atoms with Crippen LogP contribution in [0.1, 0.15) is 53.4 Å². The topological polar surface area (TPSA) is 0 Å². The molecule has 15 heavy (non-hydrogen) atoms. The Morgan fingerprint density at radius 2 is 1.93 bits per heavy atom. The fourth-order valence-electron chi connectivity index (χ4n) is 3.41. The molecule has 0 nitrogen and oxygen atoms in total. The summed E-state index contributed by atoms with van der Waals surface area (Å²) in [6, 6.07) is 0. The lowest BCUT2D eigenvalue weighted by Crippen LogP contribution is -2.36. The van der Waals surface area contributed by atoms with Gasteiger partial charge in [0.2, 0.25) is 0 Å². The number of hydrogen-bond acceptors (Lipinski definition) is 0. The predicted octanol–water partition coefficient (Wildman–Crippen LogP) is 4.73. The molecular weight excluding hydrogens is 180 g/mol.